The molecule has 0 fully saturated rings. The molecule has 122 valence electrons. The summed E-state index contributed by atoms with van der Waals surface area (Å²) in [5.41, 5.74) is 4.18. The first-order valence-electron chi connectivity index (χ1n) is 7.88. The van der Waals surface area contributed by atoms with Crippen LogP contribution in [0.15, 0.2) is 66.9 Å². The SMILES string of the molecule is O=C1Nc2cc(NC(=O)c3ccccc3)ccc2C1=Cc1ccc[nH]1. The molecule has 0 aliphatic carbocycles. The van der Waals surface area contributed by atoms with Gasteiger partial charge < -0.3 is 15.6 Å². The second-order valence-corrected chi connectivity index (χ2v) is 5.72. The van der Waals surface area contributed by atoms with Crippen LogP contribution >= 0.6 is 0 Å². The molecule has 2 amide bonds. The van der Waals surface area contributed by atoms with E-state index in [9.17, 15) is 9.59 Å². The number of anilines is 2. The number of amides is 2. The van der Waals surface area contributed by atoms with Gasteiger partial charge in [0.1, 0.15) is 0 Å². The highest BCUT2D eigenvalue weighted by Gasteiger charge is 2.24. The van der Waals surface area contributed by atoms with Crippen LogP contribution in [0.2, 0.25) is 0 Å². The summed E-state index contributed by atoms with van der Waals surface area (Å²) >= 11 is 0. The van der Waals surface area contributed by atoms with Gasteiger partial charge in [-0.1, -0.05) is 24.3 Å². The lowest BCUT2D eigenvalue weighted by Gasteiger charge is -2.07. The number of nitrogens with one attached hydrogen (secondary N) is 3. The zero-order chi connectivity index (χ0) is 17.2. The Morgan fingerprint density at radius 2 is 1.84 bits per heavy atom. The van der Waals surface area contributed by atoms with Gasteiger partial charge in [-0.25, -0.2) is 0 Å². The van der Waals surface area contributed by atoms with Gasteiger partial charge in [-0.15, -0.1) is 0 Å². The van der Waals surface area contributed by atoms with Gasteiger partial charge in [0, 0.05) is 28.7 Å². The minimum Gasteiger partial charge on any atom is -0.362 e. The lowest BCUT2D eigenvalue weighted by Crippen LogP contribution is -2.11. The fourth-order valence-corrected chi connectivity index (χ4v) is 2.80. The van der Waals surface area contributed by atoms with Crippen LogP contribution in [0.3, 0.4) is 0 Å². The molecule has 0 saturated heterocycles. The molecule has 4 rings (SSSR count). The number of benzene rings is 2. The Kier molecular flexibility index (Phi) is 3.67. The Balaban J connectivity index is 1.60. The lowest BCUT2D eigenvalue weighted by atomic mass is 10.1. The van der Waals surface area contributed by atoms with E-state index < -0.39 is 0 Å². The van der Waals surface area contributed by atoms with Gasteiger partial charge in [-0.3, -0.25) is 9.59 Å². The summed E-state index contributed by atoms with van der Waals surface area (Å²) in [6, 6.07) is 18.2. The molecule has 3 aromatic rings. The van der Waals surface area contributed by atoms with Crippen LogP contribution in [0, 0.1) is 0 Å². The average Bonchev–Trinajstić information content (AvgIpc) is 3.24. The molecule has 0 bridgehead atoms. The van der Waals surface area contributed by atoms with Crippen LogP contribution in [0.25, 0.3) is 11.6 Å². The maximum Gasteiger partial charge on any atom is 0.256 e. The molecule has 1 aliphatic heterocycles. The molecule has 1 aromatic heterocycles. The smallest absolute Gasteiger partial charge is 0.256 e. The van der Waals surface area contributed by atoms with E-state index in [4.69, 9.17) is 0 Å². The molecule has 5 nitrogen and oxygen atoms in total. The molecule has 1 aliphatic rings. The standard InChI is InChI=1S/C20H15N3O2/c24-19(13-5-2-1-3-6-13)22-15-8-9-16-17(11-14-7-4-10-21-14)20(25)23-18(16)12-15/h1-12,21H,(H,22,24)(H,23,25). The van der Waals surface area contributed by atoms with Crippen molar-refractivity contribution in [2.24, 2.45) is 0 Å². The number of rotatable bonds is 3. The minimum atomic E-state index is -0.188. The van der Waals surface area contributed by atoms with Crippen molar-refractivity contribution in [3.8, 4) is 0 Å². The van der Waals surface area contributed by atoms with Crippen LogP contribution in [0.4, 0.5) is 11.4 Å². The van der Waals surface area contributed by atoms with Crippen LogP contribution in [-0.4, -0.2) is 16.8 Å². The molecule has 3 N–H and O–H groups in total. The Morgan fingerprint density at radius 1 is 1.00 bits per heavy atom. The van der Waals surface area contributed by atoms with E-state index in [1.807, 2.05) is 48.7 Å². The van der Waals surface area contributed by atoms with Gasteiger partial charge in [0.25, 0.3) is 11.8 Å². The Bertz CT molecular complexity index is 973. The number of hydrogen-bond acceptors (Lipinski definition) is 2. The number of fused-ring (bicyclic) bond motifs is 1. The van der Waals surface area contributed by atoms with Gasteiger partial charge in [0.2, 0.25) is 0 Å². The Hall–Kier alpha value is -3.60. The fourth-order valence-electron chi connectivity index (χ4n) is 2.80. The highest BCUT2D eigenvalue weighted by atomic mass is 16.2. The summed E-state index contributed by atoms with van der Waals surface area (Å²) in [6.45, 7) is 0. The van der Waals surface area contributed by atoms with Crippen LogP contribution in [0.1, 0.15) is 21.6 Å². The van der Waals surface area contributed by atoms with Crippen molar-refractivity contribution in [3.05, 3.63) is 83.7 Å². The molecule has 0 unspecified atom stereocenters. The highest BCUT2D eigenvalue weighted by molar-refractivity contribution is 6.35. The summed E-state index contributed by atoms with van der Waals surface area (Å²) in [5.74, 6) is -0.344. The first-order valence-corrected chi connectivity index (χ1v) is 7.88. The van der Waals surface area contributed by atoms with Gasteiger partial charge in [0.15, 0.2) is 0 Å². The van der Waals surface area contributed by atoms with Crippen LogP contribution in [-0.2, 0) is 4.79 Å². The highest BCUT2D eigenvalue weighted by Crippen LogP contribution is 2.34. The Morgan fingerprint density at radius 3 is 2.60 bits per heavy atom. The maximum atomic E-state index is 12.2. The van der Waals surface area contributed by atoms with Crippen molar-refractivity contribution in [1.82, 2.24) is 4.98 Å². The molecule has 0 spiro atoms. The van der Waals surface area contributed by atoms with Crippen LogP contribution < -0.4 is 10.6 Å². The number of carbonyl (C=O) groups excluding carboxylic acids is 2. The van der Waals surface area contributed by atoms with E-state index in [1.54, 1.807) is 24.3 Å². The summed E-state index contributed by atoms with van der Waals surface area (Å²) in [7, 11) is 0. The third-order valence-corrected chi connectivity index (χ3v) is 4.02. The summed E-state index contributed by atoms with van der Waals surface area (Å²) < 4.78 is 0. The summed E-state index contributed by atoms with van der Waals surface area (Å²) in [4.78, 5) is 27.5. The van der Waals surface area contributed by atoms with Crippen molar-refractivity contribution in [2.75, 3.05) is 10.6 Å². The average molecular weight is 329 g/mol. The van der Waals surface area contributed by atoms with Gasteiger partial charge in [0.05, 0.1) is 11.3 Å². The molecular formula is C20H15N3O2. The van der Waals surface area contributed by atoms with Crippen molar-refractivity contribution in [1.29, 1.82) is 0 Å². The monoisotopic (exact) mass is 329 g/mol. The van der Waals surface area contributed by atoms with E-state index in [0.29, 0.717) is 22.5 Å². The predicted octanol–water partition coefficient (Wildman–Crippen LogP) is 3.76. The minimum absolute atomic E-state index is 0.156. The molecule has 2 aromatic carbocycles. The first-order chi connectivity index (χ1) is 12.2. The second-order valence-electron chi connectivity index (χ2n) is 5.72. The summed E-state index contributed by atoms with van der Waals surface area (Å²) in [5, 5.41) is 5.69. The fraction of sp³-hybridized carbons (Fsp3) is 0. The normalized spacial score (nSPS) is 14.2. The van der Waals surface area contributed by atoms with E-state index in [-0.39, 0.29) is 11.8 Å². The molecule has 0 atom stereocenters. The number of carbonyl (C=O) groups is 2. The van der Waals surface area contributed by atoms with Crippen molar-refractivity contribution < 1.29 is 9.59 Å². The number of aromatic amines is 1. The molecule has 2 heterocycles. The predicted molar refractivity (Wildman–Crippen MR) is 98.1 cm³/mol. The zero-order valence-corrected chi connectivity index (χ0v) is 13.2. The third-order valence-electron chi connectivity index (χ3n) is 4.02. The topological polar surface area (TPSA) is 74.0 Å². The third kappa shape index (κ3) is 2.95. The number of aromatic nitrogens is 1. The van der Waals surface area contributed by atoms with Crippen molar-refractivity contribution in [3.63, 3.8) is 0 Å². The molecule has 0 saturated carbocycles. The van der Waals surface area contributed by atoms with Gasteiger partial charge in [-0.2, -0.15) is 0 Å². The van der Waals surface area contributed by atoms with E-state index in [0.717, 1.165) is 11.3 Å². The maximum absolute atomic E-state index is 12.2. The van der Waals surface area contributed by atoms with E-state index in [2.05, 4.69) is 15.6 Å². The number of hydrogen-bond donors (Lipinski definition) is 3. The molecule has 5 heteroatoms. The van der Waals surface area contributed by atoms with Gasteiger partial charge >= 0.3 is 0 Å². The number of H-pyrrole nitrogens is 1. The van der Waals surface area contributed by atoms with E-state index in [1.165, 1.54) is 0 Å². The lowest BCUT2D eigenvalue weighted by molar-refractivity contribution is -0.110. The molecule has 0 radical (unpaired) electrons. The summed E-state index contributed by atoms with van der Waals surface area (Å²) in [6.07, 6.45) is 3.62. The van der Waals surface area contributed by atoms with Gasteiger partial charge in [-0.05, 0) is 42.5 Å². The molecular weight excluding hydrogens is 314 g/mol. The Labute approximate surface area is 144 Å². The largest absolute Gasteiger partial charge is 0.362 e. The second kappa shape index (κ2) is 6.13. The molecule has 25 heavy (non-hydrogen) atoms. The zero-order valence-electron chi connectivity index (χ0n) is 13.2. The quantitative estimate of drug-likeness (QED) is 0.640. The van der Waals surface area contributed by atoms with Crippen molar-refractivity contribution in [2.45, 2.75) is 0 Å². The first kappa shape index (κ1) is 15.0. The van der Waals surface area contributed by atoms with E-state index >= 15 is 0 Å². The van der Waals surface area contributed by atoms with Crippen molar-refractivity contribution >= 4 is 34.8 Å². The van der Waals surface area contributed by atoms with Crippen LogP contribution in [0.5, 0.6) is 0 Å².